The van der Waals surface area contributed by atoms with Gasteiger partial charge in [0.1, 0.15) is 0 Å². The van der Waals surface area contributed by atoms with Crippen molar-refractivity contribution in [3.8, 4) is 0 Å². The first kappa shape index (κ1) is 37.0. The molecule has 0 fully saturated rings. The molecule has 57 heavy (non-hydrogen) atoms. The Bertz CT molecular complexity index is 1870. The molecule has 0 heterocycles. The number of hydrogen-bond donors (Lipinski definition) is 0. The molecule has 0 aromatic heterocycles. The fraction of sp³-hybridized carbons (Fsp3) is 0. The maximum absolute atomic E-state index is 7.41. The third-order valence-electron chi connectivity index (χ3n) is 8.74. The quantitative estimate of drug-likeness (QED) is 0.0712. The molecule has 0 aliphatic rings. The Balaban J connectivity index is 1.40. The molecule has 8 aromatic carbocycles. The number of hydrogen-bond acceptors (Lipinski definition) is 8. The predicted molar refractivity (Wildman–Crippen MR) is 230 cm³/mol. The maximum Gasteiger partial charge on any atom is 0.771 e. The average Bonchev–Trinajstić information content (AvgIpc) is 3.31. The highest BCUT2D eigenvalue weighted by Gasteiger charge is 2.58. The van der Waals surface area contributed by atoms with Crippen molar-refractivity contribution in [2.24, 2.45) is 0 Å². The van der Waals surface area contributed by atoms with Gasteiger partial charge in [-0.25, -0.2) is 38.4 Å². The molecule has 0 bridgehead atoms. The Morgan fingerprint density at radius 2 is 0.316 bits per heavy atom. The zero-order valence-electron chi connectivity index (χ0n) is 31.0. The summed E-state index contributed by atoms with van der Waals surface area (Å²) in [5.41, 5.74) is 5.77. The Kier molecular flexibility index (Phi) is 11.7. The van der Waals surface area contributed by atoms with Gasteiger partial charge in [-0.1, -0.05) is 146 Å². The number of nitrogens with zero attached hydrogens (tertiary/aromatic N) is 4. The second kappa shape index (κ2) is 18.1. The molecule has 0 aliphatic heterocycles. The van der Waals surface area contributed by atoms with E-state index in [4.69, 9.17) is 18.1 Å². The summed E-state index contributed by atoms with van der Waals surface area (Å²) in [7, 11) is -4.81. The average molecular weight is 765 g/mol. The van der Waals surface area contributed by atoms with E-state index in [0.717, 1.165) is 45.5 Å². The standard InChI is InChI=1S/C48H40N4O4Si/c1-9-25-41(26-10-1)49(42-27-11-2-12-28-42)53-57(54-50(43-29-13-3-14-30-43)44-31-15-4-16-32-44,55-51(45-33-17-5-18-34-45)46-35-19-6-20-36-46)56-52(47-37-21-7-22-38-47)48-39-23-8-24-40-48/h1-40H. The summed E-state index contributed by atoms with van der Waals surface area (Å²) < 4.78 is 29.6. The number of benzene rings is 8. The molecule has 0 saturated carbocycles. The van der Waals surface area contributed by atoms with Gasteiger partial charge in [-0.05, 0) is 97.1 Å². The molecule has 8 aromatic rings. The first-order valence-corrected chi connectivity index (χ1v) is 20.3. The van der Waals surface area contributed by atoms with E-state index < -0.39 is 9.05 Å². The second-order valence-electron chi connectivity index (χ2n) is 12.7. The fourth-order valence-corrected chi connectivity index (χ4v) is 8.01. The van der Waals surface area contributed by atoms with Gasteiger partial charge in [-0.3, -0.25) is 0 Å². The van der Waals surface area contributed by atoms with Crippen LogP contribution in [0.3, 0.4) is 0 Å². The van der Waals surface area contributed by atoms with E-state index in [1.807, 2.05) is 243 Å². The van der Waals surface area contributed by atoms with Gasteiger partial charge < -0.3 is 0 Å². The van der Waals surface area contributed by atoms with Crippen LogP contribution in [0.15, 0.2) is 243 Å². The Hall–Kier alpha value is -6.98. The highest BCUT2D eigenvalue weighted by molar-refractivity contribution is 6.54. The van der Waals surface area contributed by atoms with Crippen molar-refractivity contribution in [1.82, 2.24) is 0 Å². The van der Waals surface area contributed by atoms with Gasteiger partial charge in [0.25, 0.3) is 0 Å². The third kappa shape index (κ3) is 9.12. The SMILES string of the molecule is c1ccc(N(O[Si](ON(c2ccccc2)c2ccccc2)(ON(c2ccccc2)c2ccccc2)ON(c2ccccc2)c2ccccc2)c2ccccc2)cc1. The molecule has 0 unspecified atom stereocenters. The highest BCUT2D eigenvalue weighted by atomic mass is 28.4. The second-order valence-corrected chi connectivity index (χ2v) is 14.5. The van der Waals surface area contributed by atoms with Gasteiger partial charge >= 0.3 is 9.05 Å². The van der Waals surface area contributed by atoms with E-state index in [2.05, 4.69) is 0 Å². The molecule has 8 rings (SSSR count). The molecule has 8 nitrogen and oxygen atoms in total. The minimum Gasteiger partial charge on any atom is -0.227 e. The zero-order valence-corrected chi connectivity index (χ0v) is 32.0. The van der Waals surface area contributed by atoms with Gasteiger partial charge in [-0.15, -0.1) is 0 Å². The molecule has 0 atom stereocenters. The maximum atomic E-state index is 7.41. The van der Waals surface area contributed by atoms with Crippen LogP contribution >= 0.6 is 0 Å². The molecule has 0 saturated heterocycles. The van der Waals surface area contributed by atoms with Gasteiger partial charge in [0.2, 0.25) is 0 Å². The molecule has 0 N–H and O–H groups in total. The summed E-state index contributed by atoms with van der Waals surface area (Å²) in [6.45, 7) is 0. The Morgan fingerprint density at radius 1 is 0.193 bits per heavy atom. The number of para-hydroxylation sites is 8. The van der Waals surface area contributed by atoms with Crippen LogP contribution in [-0.4, -0.2) is 9.05 Å². The topological polar surface area (TPSA) is 49.9 Å². The molecule has 0 amide bonds. The number of rotatable bonds is 16. The summed E-state index contributed by atoms with van der Waals surface area (Å²) in [5, 5.41) is 6.84. The molecule has 0 radical (unpaired) electrons. The van der Waals surface area contributed by atoms with Crippen molar-refractivity contribution in [2.45, 2.75) is 0 Å². The smallest absolute Gasteiger partial charge is 0.227 e. The zero-order chi connectivity index (χ0) is 38.5. The van der Waals surface area contributed by atoms with E-state index in [-0.39, 0.29) is 0 Å². The van der Waals surface area contributed by atoms with E-state index in [1.165, 1.54) is 0 Å². The van der Waals surface area contributed by atoms with Gasteiger partial charge in [0, 0.05) is 0 Å². The molecular weight excluding hydrogens is 725 g/mol. The van der Waals surface area contributed by atoms with E-state index in [9.17, 15) is 0 Å². The van der Waals surface area contributed by atoms with Crippen LogP contribution < -0.4 is 20.3 Å². The monoisotopic (exact) mass is 764 g/mol. The van der Waals surface area contributed by atoms with Crippen LogP contribution in [0.5, 0.6) is 0 Å². The van der Waals surface area contributed by atoms with Crippen LogP contribution in [-0.2, 0) is 18.1 Å². The summed E-state index contributed by atoms with van der Waals surface area (Å²) in [6.07, 6.45) is 0. The predicted octanol–water partition coefficient (Wildman–Crippen LogP) is 12.5. The minimum absolute atomic E-state index is 0.722. The molecular formula is C48H40N4O4Si. The fourth-order valence-electron chi connectivity index (χ4n) is 6.07. The third-order valence-corrected chi connectivity index (χ3v) is 10.4. The molecule has 0 aliphatic carbocycles. The van der Waals surface area contributed by atoms with Crippen molar-refractivity contribution in [2.75, 3.05) is 20.3 Å². The molecule has 0 spiro atoms. The minimum atomic E-state index is -4.81. The van der Waals surface area contributed by atoms with Gasteiger partial charge in [-0.2, -0.15) is 0 Å². The summed E-state index contributed by atoms with van der Waals surface area (Å²) in [5.74, 6) is 0. The lowest BCUT2D eigenvalue weighted by Gasteiger charge is -2.41. The highest BCUT2D eigenvalue weighted by Crippen LogP contribution is 2.39. The summed E-state index contributed by atoms with van der Waals surface area (Å²) in [4.78, 5) is 0. The van der Waals surface area contributed by atoms with Gasteiger partial charge in [0.15, 0.2) is 0 Å². The van der Waals surface area contributed by atoms with Crippen molar-refractivity contribution in [1.29, 1.82) is 0 Å². The lowest BCUT2D eigenvalue weighted by atomic mass is 10.2. The van der Waals surface area contributed by atoms with Crippen LogP contribution in [0, 0.1) is 0 Å². The van der Waals surface area contributed by atoms with Crippen molar-refractivity contribution in [3.63, 3.8) is 0 Å². The lowest BCUT2D eigenvalue weighted by molar-refractivity contribution is -0.0361. The Morgan fingerprint density at radius 3 is 0.439 bits per heavy atom. The first-order valence-electron chi connectivity index (χ1n) is 18.6. The molecule has 280 valence electrons. The van der Waals surface area contributed by atoms with E-state index >= 15 is 0 Å². The normalized spacial score (nSPS) is 11.1. The van der Waals surface area contributed by atoms with Crippen LogP contribution in [0.4, 0.5) is 45.5 Å². The van der Waals surface area contributed by atoms with E-state index in [1.54, 1.807) is 20.3 Å². The largest absolute Gasteiger partial charge is 0.771 e. The Labute approximate surface area is 334 Å². The molecule has 9 heteroatoms. The van der Waals surface area contributed by atoms with Crippen molar-refractivity contribution in [3.05, 3.63) is 243 Å². The van der Waals surface area contributed by atoms with Gasteiger partial charge in [0.05, 0.1) is 45.5 Å². The van der Waals surface area contributed by atoms with Crippen molar-refractivity contribution < 1.29 is 18.1 Å². The van der Waals surface area contributed by atoms with Crippen molar-refractivity contribution >= 4 is 54.5 Å². The first-order chi connectivity index (χ1) is 28.2. The number of anilines is 8. The lowest BCUT2D eigenvalue weighted by Crippen LogP contribution is -2.60. The van der Waals surface area contributed by atoms with Crippen LogP contribution in [0.1, 0.15) is 0 Å². The van der Waals surface area contributed by atoms with Crippen LogP contribution in [0.25, 0.3) is 0 Å². The van der Waals surface area contributed by atoms with E-state index in [0.29, 0.717) is 0 Å². The summed E-state index contributed by atoms with van der Waals surface area (Å²) >= 11 is 0. The van der Waals surface area contributed by atoms with Crippen LogP contribution in [0.2, 0.25) is 0 Å². The summed E-state index contributed by atoms with van der Waals surface area (Å²) in [6, 6.07) is 78.6.